The van der Waals surface area contributed by atoms with E-state index in [0.717, 1.165) is 18.2 Å². The van der Waals surface area contributed by atoms with Crippen LogP contribution in [-0.4, -0.2) is 26.3 Å². The molecule has 1 amide bonds. The lowest BCUT2D eigenvalue weighted by atomic mass is 10.2. The van der Waals surface area contributed by atoms with E-state index >= 15 is 0 Å². The van der Waals surface area contributed by atoms with Crippen molar-refractivity contribution in [1.29, 1.82) is 0 Å². The third-order valence-corrected chi connectivity index (χ3v) is 2.17. The van der Waals surface area contributed by atoms with Crippen LogP contribution in [0.1, 0.15) is 10.5 Å². The number of phenolic OH excluding ortho intramolecular Hbond substituents is 1. The summed E-state index contributed by atoms with van der Waals surface area (Å²) < 4.78 is 4.24. The van der Waals surface area contributed by atoms with E-state index in [9.17, 15) is 20.0 Å². The van der Waals surface area contributed by atoms with Crippen molar-refractivity contribution in [3.63, 3.8) is 0 Å². The van der Waals surface area contributed by atoms with Gasteiger partial charge in [0.25, 0.3) is 11.6 Å². The third kappa shape index (κ3) is 2.41. The molecular formula is C9H7N5O5. The lowest BCUT2D eigenvalue weighted by molar-refractivity contribution is -0.384. The second-order valence-corrected chi connectivity index (χ2v) is 3.41. The van der Waals surface area contributed by atoms with Crippen LogP contribution < -0.4 is 11.1 Å². The maximum Gasteiger partial charge on any atom is 0.281 e. The molecule has 1 heterocycles. The largest absolute Gasteiger partial charge is 0.506 e. The summed E-state index contributed by atoms with van der Waals surface area (Å²) in [6, 6.07) is 3.17. The molecule has 10 nitrogen and oxygen atoms in total. The number of nitrogen functional groups attached to an aromatic ring is 1. The number of hydrogen-bond donors (Lipinski definition) is 3. The lowest BCUT2D eigenvalue weighted by Crippen LogP contribution is -2.14. The summed E-state index contributed by atoms with van der Waals surface area (Å²) in [5, 5.41) is 28.8. The Balaban J connectivity index is 2.28. The fourth-order valence-electron chi connectivity index (χ4n) is 1.27. The van der Waals surface area contributed by atoms with Crippen LogP contribution in [0.4, 0.5) is 17.2 Å². The van der Waals surface area contributed by atoms with Gasteiger partial charge in [0.15, 0.2) is 0 Å². The maximum absolute atomic E-state index is 11.7. The van der Waals surface area contributed by atoms with Crippen LogP contribution in [0.5, 0.6) is 5.75 Å². The molecule has 0 aliphatic heterocycles. The number of nitrogens with one attached hydrogen (secondary N) is 1. The van der Waals surface area contributed by atoms with Gasteiger partial charge in [-0.3, -0.25) is 14.9 Å². The van der Waals surface area contributed by atoms with Gasteiger partial charge in [-0.05, 0) is 16.4 Å². The first-order valence-corrected chi connectivity index (χ1v) is 4.86. The summed E-state index contributed by atoms with van der Waals surface area (Å²) in [5.74, 6) is -1.38. The molecule has 0 radical (unpaired) electrons. The van der Waals surface area contributed by atoms with Crippen molar-refractivity contribution in [2.75, 3.05) is 11.1 Å². The average molecular weight is 265 g/mol. The Morgan fingerprint density at radius 1 is 1.47 bits per heavy atom. The topological polar surface area (TPSA) is 157 Å². The number of carbonyl (C=O) groups excluding carboxylic acids is 1. The normalized spacial score (nSPS) is 10.1. The Bertz CT molecular complexity index is 652. The van der Waals surface area contributed by atoms with E-state index in [1.807, 2.05) is 0 Å². The predicted molar refractivity (Wildman–Crippen MR) is 61.4 cm³/mol. The summed E-state index contributed by atoms with van der Waals surface area (Å²) in [5.41, 5.74) is 4.58. The first-order valence-electron chi connectivity index (χ1n) is 4.86. The second kappa shape index (κ2) is 4.60. The lowest BCUT2D eigenvalue weighted by Gasteiger charge is -2.05. The minimum Gasteiger partial charge on any atom is -0.506 e. The van der Waals surface area contributed by atoms with Crippen molar-refractivity contribution in [1.82, 2.24) is 10.3 Å². The molecule has 0 saturated heterocycles. The molecule has 0 spiro atoms. The predicted octanol–water partition coefficient (Wildman–Crippen LogP) is 0.518. The maximum atomic E-state index is 11.7. The number of nitrogens with zero attached hydrogens (tertiary/aromatic N) is 3. The minimum atomic E-state index is -0.811. The Morgan fingerprint density at radius 2 is 2.21 bits per heavy atom. The highest BCUT2D eigenvalue weighted by Gasteiger charge is 2.19. The van der Waals surface area contributed by atoms with Gasteiger partial charge in [0, 0.05) is 12.1 Å². The molecule has 2 aromatic rings. The smallest absolute Gasteiger partial charge is 0.281 e. The van der Waals surface area contributed by atoms with Gasteiger partial charge in [0.2, 0.25) is 11.5 Å². The summed E-state index contributed by atoms with van der Waals surface area (Å²) >= 11 is 0. The van der Waals surface area contributed by atoms with Crippen LogP contribution in [0.2, 0.25) is 0 Å². The SMILES string of the molecule is Nc1nonc1C(=O)Nc1cc([N+](=O)[O-])ccc1O. The molecule has 19 heavy (non-hydrogen) atoms. The summed E-state index contributed by atoms with van der Waals surface area (Å²) in [6.45, 7) is 0. The number of carbonyl (C=O) groups is 1. The number of amides is 1. The van der Waals surface area contributed by atoms with Gasteiger partial charge < -0.3 is 16.2 Å². The first-order chi connectivity index (χ1) is 8.99. The fourth-order valence-corrected chi connectivity index (χ4v) is 1.27. The number of phenols is 1. The number of aromatic hydroxyl groups is 1. The van der Waals surface area contributed by atoms with Crippen molar-refractivity contribution in [2.24, 2.45) is 0 Å². The van der Waals surface area contributed by atoms with E-state index < -0.39 is 10.8 Å². The number of non-ortho nitro benzene ring substituents is 1. The Kier molecular flexibility index (Phi) is 2.98. The van der Waals surface area contributed by atoms with E-state index in [0.29, 0.717) is 0 Å². The zero-order valence-electron chi connectivity index (χ0n) is 9.23. The van der Waals surface area contributed by atoms with E-state index in [1.165, 1.54) is 0 Å². The Labute approximate surface area is 104 Å². The number of nitro groups is 1. The standard InChI is InChI=1S/C9H7N5O5/c10-8-7(12-19-13-8)9(16)11-5-3-4(14(17)18)1-2-6(5)15/h1-3,15H,(H2,10,13)(H,11,16). The molecule has 1 aromatic heterocycles. The summed E-state index contributed by atoms with van der Waals surface area (Å²) in [4.78, 5) is 21.6. The van der Waals surface area contributed by atoms with Gasteiger partial charge in [-0.2, -0.15) is 0 Å². The van der Waals surface area contributed by atoms with E-state index in [1.54, 1.807) is 0 Å². The molecule has 0 atom stereocenters. The average Bonchev–Trinajstić information content (AvgIpc) is 2.78. The fraction of sp³-hybridized carbons (Fsp3) is 0. The van der Waals surface area contributed by atoms with E-state index in [2.05, 4.69) is 20.3 Å². The molecule has 0 fully saturated rings. The molecule has 0 unspecified atom stereocenters. The Morgan fingerprint density at radius 3 is 2.79 bits per heavy atom. The van der Waals surface area contributed by atoms with Crippen molar-refractivity contribution < 1.29 is 19.5 Å². The van der Waals surface area contributed by atoms with Crippen LogP contribution in [0, 0.1) is 10.1 Å². The highest BCUT2D eigenvalue weighted by atomic mass is 16.6. The third-order valence-electron chi connectivity index (χ3n) is 2.17. The number of benzene rings is 1. The zero-order chi connectivity index (χ0) is 14.0. The van der Waals surface area contributed by atoms with Crippen LogP contribution in [0.3, 0.4) is 0 Å². The minimum absolute atomic E-state index is 0.151. The van der Waals surface area contributed by atoms with Crippen molar-refractivity contribution in [2.45, 2.75) is 0 Å². The number of aromatic nitrogens is 2. The van der Waals surface area contributed by atoms with Crippen molar-refractivity contribution in [3.05, 3.63) is 34.0 Å². The van der Waals surface area contributed by atoms with Crippen LogP contribution in [0.15, 0.2) is 22.8 Å². The second-order valence-electron chi connectivity index (χ2n) is 3.41. The molecule has 0 bridgehead atoms. The number of hydrogen-bond acceptors (Lipinski definition) is 8. The van der Waals surface area contributed by atoms with Gasteiger partial charge in [0.05, 0.1) is 10.6 Å². The van der Waals surface area contributed by atoms with Gasteiger partial charge in [-0.15, -0.1) is 0 Å². The molecular weight excluding hydrogens is 258 g/mol. The van der Waals surface area contributed by atoms with Crippen molar-refractivity contribution in [3.8, 4) is 5.75 Å². The molecule has 0 aliphatic carbocycles. The Hall–Kier alpha value is -3.17. The van der Waals surface area contributed by atoms with Gasteiger partial charge in [-0.1, -0.05) is 0 Å². The van der Waals surface area contributed by atoms with Gasteiger partial charge >= 0.3 is 0 Å². The van der Waals surface area contributed by atoms with Crippen LogP contribution in [-0.2, 0) is 0 Å². The molecule has 10 heteroatoms. The summed E-state index contributed by atoms with van der Waals surface area (Å²) in [7, 11) is 0. The number of anilines is 2. The van der Waals surface area contributed by atoms with E-state index in [-0.39, 0.29) is 28.6 Å². The number of rotatable bonds is 3. The molecule has 98 valence electrons. The molecule has 1 aromatic carbocycles. The number of nitro benzene ring substituents is 1. The highest BCUT2D eigenvalue weighted by molar-refractivity contribution is 6.06. The van der Waals surface area contributed by atoms with Crippen LogP contribution in [0.25, 0.3) is 0 Å². The van der Waals surface area contributed by atoms with Gasteiger partial charge in [-0.25, -0.2) is 4.63 Å². The monoisotopic (exact) mass is 265 g/mol. The molecule has 2 rings (SSSR count). The molecule has 0 saturated carbocycles. The van der Waals surface area contributed by atoms with Crippen LogP contribution >= 0.6 is 0 Å². The molecule has 0 aliphatic rings. The van der Waals surface area contributed by atoms with E-state index in [4.69, 9.17) is 5.73 Å². The van der Waals surface area contributed by atoms with Gasteiger partial charge in [0.1, 0.15) is 5.75 Å². The molecule has 4 N–H and O–H groups in total. The summed E-state index contributed by atoms with van der Waals surface area (Å²) in [6.07, 6.45) is 0. The van der Waals surface area contributed by atoms with Crippen molar-refractivity contribution >= 4 is 23.1 Å². The zero-order valence-corrected chi connectivity index (χ0v) is 9.23. The highest BCUT2D eigenvalue weighted by Crippen LogP contribution is 2.28. The number of nitrogens with two attached hydrogens (primary N) is 1. The quantitative estimate of drug-likeness (QED) is 0.411. The first kappa shape index (κ1) is 12.3.